The summed E-state index contributed by atoms with van der Waals surface area (Å²) in [4.78, 5) is 50.5. The van der Waals surface area contributed by atoms with Gasteiger partial charge >= 0.3 is 6.18 Å². The highest BCUT2D eigenvalue weighted by atomic mass is 19.4. The van der Waals surface area contributed by atoms with Crippen LogP contribution in [-0.4, -0.2) is 46.8 Å². The molecule has 1 saturated heterocycles. The molecule has 1 unspecified atom stereocenters. The van der Waals surface area contributed by atoms with Crippen molar-refractivity contribution in [3.63, 3.8) is 0 Å². The summed E-state index contributed by atoms with van der Waals surface area (Å²) in [6.07, 6.45) is 0.393. The first-order chi connectivity index (χ1) is 16.1. The molecule has 4 amide bonds. The lowest BCUT2D eigenvalue weighted by atomic mass is 9.76. The Morgan fingerprint density at radius 1 is 1.09 bits per heavy atom. The lowest BCUT2D eigenvalue weighted by Gasteiger charge is -2.35. The van der Waals surface area contributed by atoms with Crippen LogP contribution in [0.5, 0.6) is 0 Å². The van der Waals surface area contributed by atoms with E-state index in [0.717, 1.165) is 25.7 Å². The monoisotopic (exact) mass is 477 g/mol. The number of nitrogens with zero attached hydrogens (tertiary/aromatic N) is 1. The molecule has 4 aliphatic rings. The van der Waals surface area contributed by atoms with E-state index in [-0.39, 0.29) is 30.4 Å². The highest BCUT2D eigenvalue weighted by Crippen LogP contribution is 2.58. The third-order valence-electron chi connectivity index (χ3n) is 7.94. The van der Waals surface area contributed by atoms with Gasteiger partial charge in [0.25, 0.3) is 11.8 Å². The van der Waals surface area contributed by atoms with Crippen molar-refractivity contribution in [3.8, 4) is 0 Å². The van der Waals surface area contributed by atoms with E-state index in [4.69, 9.17) is 0 Å². The van der Waals surface area contributed by atoms with E-state index < -0.39 is 47.8 Å². The molecule has 2 N–H and O–H groups in total. The lowest BCUT2D eigenvalue weighted by molar-refractivity contribution is -0.168. The van der Waals surface area contributed by atoms with E-state index in [9.17, 15) is 32.3 Å². The number of amides is 4. The molecule has 7 nitrogen and oxygen atoms in total. The maximum Gasteiger partial charge on any atom is 0.408 e. The van der Waals surface area contributed by atoms with Crippen molar-refractivity contribution >= 4 is 23.6 Å². The van der Waals surface area contributed by atoms with E-state index in [1.54, 1.807) is 0 Å². The molecule has 182 valence electrons. The Hall–Kier alpha value is -2.91. The second-order valence-corrected chi connectivity index (χ2v) is 10.1. The van der Waals surface area contributed by atoms with Gasteiger partial charge in [0.15, 0.2) is 0 Å². The van der Waals surface area contributed by atoms with Gasteiger partial charge in [0.2, 0.25) is 11.8 Å². The van der Waals surface area contributed by atoms with Gasteiger partial charge in [-0.15, -0.1) is 0 Å². The van der Waals surface area contributed by atoms with Crippen LogP contribution in [0.15, 0.2) is 18.2 Å². The second kappa shape index (κ2) is 8.09. The largest absolute Gasteiger partial charge is 0.408 e. The molecule has 2 aliphatic carbocycles. The molecule has 5 rings (SSSR count). The first-order valence-electron chi connectivity index (χ1n) is 11.7. The summed E-state index contributed by atoms with van der Waals surface area (Å²) in [5, 5.41) is 4.43. The van der Waals surface area contributed by atoms with Gasteiger partial charge in [0.05, 0.1) is 0 Å². The molecule has 0 bridgehead atoms. The Morgan fingerprint density at radius 2 is 1.79 bits per heavy atom. The van der Waals surface area contributed by atoms with E-state index in [2.05, 4.69) is 10.6 Å². The van der Waals surface area contributed by atoms with Crippen LogP contribution in [0.4, 0.5) is 13.2 Å². The molecule has 2 atom stereocenters. The number of nitrogens with one attached hydrogen (secondary N) is 2. The maximum absolute atomic E-state index is 13.9. The van der Waals surface area contributed by atoms with E-state index in [1.165, 1.54) is 23.1 Å². The van der Waals surface area contributed by atoms with Gasteiger partial charge in [0.1, 0.15) is 12.1 Å². The molecule has 2 aliphatic heterocycles. The van der Waals surface area contributed by atoms with Crippen molar-refractivity contribution in [1.82, 2.24) is 15.5 Å². The molecular weight excluding hydrogens is 451 g/mol. The number of halogens is 3. The minimum Gasteiger partial charge on any atom is -0.340 e. The topological polar surface area (TPSA) is 95.6 Å². The zero-order valence-electron chi connectivity index (χ0n) is 18.5. The zero-order chi connectivity index (χ0) is 24.3. The summed E-state index contributed by atoms with van der Waals surface area (Å²) < 4.78 is 41.6. The Kier molecular flexibility index (Phi) is 5.44. The lowest BCUT2D eigenvalue weighted by Crippen LogP contribution is -2.52. The van der Waals surface area contributed by atoms with Crippen LogP contribution in [-0.2, 0) is 16.1 Å². The number of alkyl halides is 3. The number of fused-ring (bicyclic) bond motifs is 1. The highest BCUT2D eigenvalue weighted by molar-refractivity contribution is 6.06. The van der Waals surface area contributed by atoms with E-state index in [1.807, 2.05) is 0 Å². The number of hydrogen-bond donors (Lipinski definition) is 2. The second-order valence-electron chi connectivity index (χ2n) is 10.1. The standard InChI is InChI=1S/C24H26F3N3O4/c25-24(26,27)19(13-5-7-23(8-6-13)9-10-23)29-20(32)14-1-2-16-15(11-14)12-30(22(16)34)17-3-4-18(31)28-21(17)33/h1-2,11,13,17,19H,3-10,12H2,(H,29,32)(H,28,31,33)/t17?,19-/m1/s1. The third-order valence-corrected chi connectivity index (χ3v) is 7.94. The van der Waals surface area contributed by atoms with Crippen LogP contribution >= 0.6 is 0 Å². The van der Waals surface area contributed by atoms with Crippen LogP contribution < -0.4 is 10.6 Å². The number of rotatable bonds is 4. The molecule has 1 aromatic rings. The SMILES string of the molecule is O=C1CCC(N2Cc3cc(C(=O)N[C@H](C4CCC5(CC4)CC5)C(F)(F)F)ccc3C2=O)C(=O)N1. The summed E-state index contributed by atoms with van der Waals surface area (Å²) in [5.74, 6) is -2.82. The number of hydrogen-bond acceptors (Lipinski definition) is 4. The third kappa shape index (κ3) is 4.18. The fourth-order valence-electron chi connectivity index (χ4n) is 5.67. The Balaban J connectivity index is 1.29. The van der Waals surface area contributed by atoms with Gasteiger partial charge in [0, 0.05) is 24.1 Å². The van der Waals surface area contributed by atoms with Gasteiger partial charge in [-0.1, -0.05) is 0 Å². The summed E-state index contributed by atoms with van der Waals surface area (Å²) in [5.41, 5.74) is 1.06. The van der Waals surface area contributed by atoms with Gasteiger partial charge < -0.3 is 10.2 Å². The average molecular weight is 477 g/mol. The molecule has 10 heteroatoms. The molecule has 0 aromatic heterocycles. The number of carbonyl (C=O) groups is 4. The minimum atomic E-state index is -4.55. The molecular formula is C24H26F3N3O4. The molecule has 1 aromatic carbocycles. The van der Waals surface area contributed by atoms with E-state index in [0.29, 0.717) is 24.0 Å². The van der Waals surface area contributed by atoms with Crippen molar-refractivity contribution in [1.29, 1.82) is 0 Å². The van der Waals surface area contributed by atoms with Gasteiger partial charge in [-0.25, -0.2) is 0 Å². The number of imide groups is 1. The molecule has 2 heterocycles. The van der Waals surface area contributed by atoms with Crippen molar-refractivity contribution < 1.29 is 32.3 Å². The average Bonchev–Trinajstić information content (AvgIpc) is 3.46. The van der Waals surface area contributed by atoms with Crippen LogP contribution in [0.25, 0.3) is 0 Å². The normalized spacial score (nSPS) is 25.2. The number of carbonyl (C=O) groups excluding carboxylic acids is 4. The summed E-state index contributed by atoms with van der Waals surface area (Å²) in [6.45, 7) is 0.0506. The van der Waals surface area contributed by atoms with Crippen molar-refractivity contribution in [3.05, 3.63) is 34.9 Å². The van der Waals surface area contributed by atoms with Gasteiger partial charge in [-0.05, 0) is 80.0 Å². The minimum absolute atomic E-state index is 0.0420. The Labute approximate surface area is 194 Å². The Morgan fingerprint density at radius 3 is 2.41 bits per heavy atom. The molecule has 2 saturated carbocycles. The van der Waals surface area contributed by atoms with E-state index >= 15 is 0 Å². The van der Waals surface area contributed by atoms with Crippen LogP contribution in [0.1, 0.15) is 77.6 Å². The van der Waals surface area contributed by atoms with Crippen molar-refractivity contribution in [2.24, 2.45) is 11.3 Å². The Bertz CT molecular complexity index is 1060. The van der Waals surface area contributed by atoms with Gasteiger partial charge in [-0.2, -0.15) is 13.2 Å². The molecule has 3 fully saturated rings. The van der Waals surface area contributed by atoms with Crippen molar-refractivity contribution in [2.75, 3.05) is 0 Å². The highest BCUT2D eigenvalue weighted by Gasteiger charge is 2.51. The van der Waals surface area contributed by atoms with Gasteiger partial charge in [-0.3, -0.25) is 24.5 Å². The smallest absolute Gasteiger partial charge is 0.340 e. The molecule has 34 heavy (non-hydrogen) atoms. The summed E-state index contributed by atoms with van der Waals surface area (Å²) >= 11 is 0. The van der Waals surface area contributed by atoms with Crippen LogP contribution in [0, 0.1) is 11.3 Å². The predicted molar refractivity (Wildman–Crippen MR) is 113 cm³/mol. The first kappa shape index (κ1) is 22.9. The first-order valence-corrected chi connectivity index (χ1v) is 11.7. The molecule has 1 spiro atoms. The quantitative estimate of drug-likeness (QED) is 0.652. The maximum atomic E-state index is 13.9. The fourth-order valence-corrected chi connectivity index (χ4v) is 5.67. The van der Waals surface area contributed by atoms with Crippen molar-refractivity contribution in [2.45, 2.75) is 76.2 Å². The summed E-state index contributed by atoms with van der Waals surface area (Å²) in [6, 6.07) is 1.46. The fraction of sp³-hybridized carbons (Fsp3) is 0.583. The number of piperidine rings is 1. The van der Waals surface area contributed by atoms with Crippen LogP contribution in [0.3, 0.4) is 0 Å². The number of benzene rings is 1. The summed E-state index contributed by atoms with van der Waals surface area (Å²) in [7, 11) is 0. The molecule has 0 radical (unpaired) electrons. The zero-order valence-corrected chi connectivity index (χ0v) is 18.5. The van der Waals surface area contributed by atoms with Crippen LogP contribution in [0.2, 0.25) is 0 Å². The predicted octanol–water partition coefficient (Wildman–Crippen LogP) is 3.08.